The van der Waals surface area contributed by atoms with Crippen LogP contribution in [0.3, 0.4) is 0 Å². The molecule has 1 aliphatic carbocycles. The Labute approximate surface area is 361 Å². The summed E-state index contributed by atoms with van der Waals surface area (Å²) in [6.45, 7) is 0. The highest BCUT2D eigenvalue weighted by Gasteiger charge is 2.19. The molecule has 292 valence electrons. The predicted octanol–water partition coefficient (Wildman–Crippen LogP) is 14.7. The summed E-state index contributed by atoms with van der Waals surface area (Å²) in [6, 6.07) is 82.5. The lowest BCUT2D eigenvalue weighted by Crippen LogP contribution is -2.29. The third-order valence-corrected chi connectivity index (χ3v) is 12.8. The van der Waals surface area contributed by atoms with Gasteiger partial charge in [0.2, 0.25) is 0 Å². The molecule has 0 atom stereocenters. The number of hydrogen-bond acceptors (Lipinski definition) is 1. The number of aromatic nitrogens is 1. The van der Waals surface area contributed by atoms with E-state index < -0.39 is 0 Å². The quantitative estimate of drug-likeness (QED) is 0.156. The van der Waals surface area contributed by atoms with Crippen molar-refractivity contribution in [1.29, 1.82) is 0 Å². The minimum atomic E-state index is 1.02. The number of hydrogen-bond donors (Lipinski definition) is 0. The highest BCUT2D eigenvalue weighted by Crippen LogP contribution is 2.42. The van der Waals surface area contributed by atoms with Crippen molar-refractivity contribution in [1.82, 2.24) is 4.57 Å². The Morgan fingerprint density at radius 1 is 0.371 bits per heavy atom. The second-order valence-corrected chi connectivity index (χ2v) is 16.4. The van der Waals surface area contributed by atoms with E-state index in [4.69, 9.17) is 0 Å². The van der Waals surface area contributed by atoms with Gasteiger partial charge in [-0.3, -0.25) is 0 Å². The standard InChI is InChI=1S/C60H42N2/c1-2-18-45-40-60-57(39-44(45)17-1)56-28-8-10-32-59(56)62(60)58-31-9-7-27-55(58)43-33-35-48(36-34-43)61(49-23-11-21-46(37-49)53-29-13-19-41-15-3-5-25-51(41)53)50-24-12-22-47(38-50)54-30-14-20-42-16-4-6-26-52(42)54/h1-13,15-29,31-40H,14,30H2. The number of para-hydroxylation sites is 2. The molecular formula is C60H42N2. The van der Waals surface area contributed by atoms with E-state index in [1.165, 1.54) is 87.2 Å². The predicted molar refractivity (Wildman–Crippen MR) is 263 cm³/mol. The summed E-state index contributed by atoms with van der Waals surface area (Å²) < 4.78 is 2.45. The molecule has 62 heavy (non-hydrogen) atoms. The maximum atomic E-state index is 2.45. The first-order valence-corrected chi connectivity index (χ1v) is 21.6. The number of nitrogens with zero attached hydrogens (tertiary/aromatic N) is 2. The topological polar surface area (TPSA) is 8.17 Å². The summed E-state index contributed by atoms with van der Waals surface area (Å²) in [5.41, 5.74) is 14.4. The normalized spacial score (nSPS) is 12.5. The van der Waals surface area contributed by atoms with Gasteiger partial charge in [0.15, 0.2) is 0 Å². The first-order valence-electron chi connectivity index (χ1n) is 21.6. The Bertz CT molecular complexity index is 3640. The number of rotatable bonds is 7. The molecular weight excluding hydrogens is 749 g/mol. The number of benzene rings is 10. The van der Waals surface area contributed by atoms with E-state index in [2.05, 4.69) is 240 Å². The molecule has 0 saturated carbocycles. The van der Waals surface area contributed by atoms with Crippen molar-refractivity contribution >= 4 is 72.1 Å². The zero-order chi connectivity index (χ0) is 41.0. The van der Waals surface area contributed by atoms with Crippen molar-refractivity contribution in [2.24, 2.45) is 0 Å². The van der Waals surface area contributed by atoms with Gasteiger partial charge < -0.3 is 9.47 Å². The molecule has 0 amide bonds. The van der Waals surface area contributed by atoms with E-state index >= 15 is 0 Å². The fourth-order valence-electron chi connectivity index (χ4n) is 9.94. The number of anilines is 3. The summed E-state index contributed by atoms with van der Waals surface area (Å²) >= 11 is 0. The molecule has 2 nitrogen and oxygen atoms in total. The van der Waals surface area contributed by atoms with Crippen LogP contribution in [0, 0.1) is 0 Å². The molecule has 1 aliphatic rings. The molecule has 0 saturated heterocycles. The van der Waals surface area contributed by atoms with Crippen molar-refractivity contribution in [3.8, 4) is 27.9 Å². The molecule has 0 N–H and O–H groups in total. The van der Waals surface area contributed by atoms with Gasteiger partial charge in [-0.2, -0.15) is 0 Å². The first kappa shape index (κ1) is 36.0. The van der Waals surface area contributed by atoms with Crippen molar-refractivity contribution in [2.45, 2.75) is 12.8 Å². The van der Waals surface area contributed by atoms with Gasteiger partial charge >= 0.3 is 0 Å². The van der Waals surface area contributed by atoms with Gasteiger partial charge in [0, 0.05) is 33.4 Å². The Hall–Kier alpha value is -7.94. The van der Waals surface area contributed by atoms with Crippen LogP contribution >= 0.6 is 0 Å². The second kappa shape index (κ2) is 15.0. The Morgan fingerprint density at radius 3 is 1.85 bits per heavy atom. The molecule has 10 aromatic carbocycles. The maximum absolute atomic E-state index is 2.45. The molecule has 1 aromatic heterocycles. The fourth-order valence-corrected chi connectivity index (χ4v) is 9.94. The summed E-state index contributed by atoms with van der Waals surface area (Å²) in [6.07, 6.45) is 4.44. The van der Waals surface area contributed by atoms with Crippen molar-refractivity contribution in [2.75, 3.05) is 4.90 Å². The maximum Gasteiger partial charge on any atom is 0.0547 e. The largest absolute Gasteiger partial charge is 0.310 e. The minimum absolute atomic E-state index is 1.02. The lowest BCUT2D eigenvalue weighted by molar-refractivity contribution is 1.07. The van der Waals surface area contributed by atoms with Crippen LogP contribution < -0.4 is 15.3 Å². The first-order chi connectivity index (χ1) is 30.7. The van der Waals surface area contributed by atoms with Gasteiger partial charge in [-0.15, -0.1) is 0 Å². The van der Waals surface area contributed by atoms with Gasteiger partial charge in [-0.05, 0) is 133 Å². The van der Waals surface area contributed by atoms with E-state index in [0.29, 0.717) is 0 Å². The Kier molecular flexibility index (Phi) is 8.67. The van der Waals surface area contributed by atoms with Crippen LogP contribution in [0.5, 0.6) is 0 Å². The van der Waals surface area contributed by atoms with Gasteiger partial charge in [0.25, 0.3) is 0 Å². The van der Waals surface area contributed by atoms with Gasteiger partial charge in [-0.1, -0.05) is 170 Å². The van der Waals surface area contributed by atoms with Crippen molar-refractivity contribution < 1.29 is 0 Å². The summed E-state index contributed by atoms with van der Waals surface area (Å²) in [7, 11) is 0. The molecule has 12 rings (SSSR count). The van der Waals surface area contributed by atoms with Gasteiger partial charge in [0.1, 0.15) is 0 Å². The lowest BCUT2D eigenvalue weighted by atomic mass is 9.93. The monoisotopic (exact) mass is 790 g/mol. The second-order valence-electron chi connectivity index (χ2n) is 16.4. The van der Waals surface area contributed by atoms with Crippen LogP contribution in [0.1, 0.15) is 18.4 Å². The molecule has 2 heteroatoms. The molecule has 0 aliphatic heterocycles. The molecule has 11 aromatic rings. The van der Waals surface area contributed by atoms with Crippen LogP contribution in [0.15, 0.2) is 224 Å². The summed E-state index contributed by atoms with van der Waals surface area (Å²) in [5.74, 6) is 0. The zero-order valence-corrected chi connectivity index (χ0v) is 34.2. The highest BCUT2D eigenvalue weighted by atomic mass is 15.1. The fraction of sp³-hybridized carbons (Fsp3) is 0.0333. The van der Waals surface area contributed by atoms with E-state index in [1.807, 2.05) is 0 Å². The lowest BCUT2D eigenvalue weighted by Gasteiger charge is -2.27. The average molecular weight is 791 g/mol. The molecule has 1 heterocycles. The summed E-state index contributed by atoms with van der Waals surface area (Å²) in [5, 5.41) is 10.2. The Morgan fingerprint density at radius 2 is 1.00 bits per heavy atom. The van der Waals surface area contributed by atoms with Crippen LogP contribution in [-0.2, 0) is 0 Å². The van der Waals surface area contributed by atoms with E-state index in [9.17, 15) is 0 Å². The third-order valence-electron chi connectivity index (χ3n) is 12.8. The average Bonchev–Trinajstić information content (AvgIpc) is 3.66. The van der Waals surface area contributed by atoms with Crippen molar-refractivity contribution in [3.05, 3.63) is 240 Å². The SMILES string of the molecule is C1=c2ccccc2=C(c2cccc(N(c3ccc(-c4ccccc4-n4c5ccccc5c5cc6ccccc6cc54)cc3)c3cccc(-c4cccc5ccccc45)c3)c2)CC1. The zero-order valence-electron chi connectivity index (χ0n) is 34.2. The van der Waals surface area contributed by atoms with E-state index in [1.54, 1.807) is 0 Å². The smallest absolute Gasteiger partial charge is 0.0547 e. The highest BCUT2D eigenvalue weighted by molar-refractivity contribution is 6.14. The van der Waals surface area contributed by atoms with E-state index in [-0.39, 0.29) is 0 Å². The summed E-state index contributed by atoms with van der Waals surface area (Å²) in [4.78, 5) is 2.42. The van der Waals surface area contributed by atoms with Crippen LogP contribution in [0.4, 0.5) is 17.1 Å². The molecule has 0 bridgehead atoms. The van der Waals surface area contributed by atoms with E-state index in [0.717, 1.165) is 35.6 Å². The molecule has 0 spiro atoms. The third kappa shape index (κ3) is 6.11. The van der Waals surface area contributed by atoms with Crippen LogP contribution in [-0.4, -0.2) is 4.57 Å². The number of fused-ring (bicyclic) bond motifs is 6. The molecule has 0 radical (unpaired) electrons. The van der Waals surface area contributed by atoms with Crippen LogP contribution in [0.2, 0.25) is 0 Å². The minimum Gasteiger partial charge on any atom is -0.310 e. The molecule has 0 fully saturated rings. The Balaban J connectivity index is 1.01. The van der Waals surface area contributed by atoms with Gasteiger partial charge in [0.05, 0.1) is 16.7 Å². The van der Waals surface area contributed by atoms with Crippen molar-refractivity contribution in [3.63, 3.8) is 0 Å². The van der Waals surface area contributed by atoms with Gasteiger partial charge in [-0.25, -0.2) is 0 Å². The van der Waals surface area contributed by atoms with Crippen LogP contribution in [0.25, 0.3) is 82.9 Å². The molecule has 0 unspecified atom stereocenters.